The highest BCUT2D eigenvalue weighted by Gasteiger charge is 2.19. The van der Waals surface area contributed by atoms with Crippen LogP contribution in [-0.2, 0) is 0 Å². The van der Waals surface area contributed by atoms with Gasteiger partial charge in [0, 0.05) is 17.1 Å². The van der Waals surface area contributed by atoms with Crippen LogP contribution in [0.1, 0.15) is 10.6 Å². The molecule has 0 spiro atoms. The van der Waals surface area contributed by atoms with Gasteiger partial charge in [0.15, 0.2) is 11.5 Å². The lowest BCUT2D eigenvalue weighted by Crippen LogP contribution is -2.12. The Bertz CT molecular complexity index is 870. The number of fused-ring (bicyclic) bond motifs is 1. The van der Waals surface area contributed by atoms with E-state index in [2.05, 4.69) is 5.32 Å². The molecule has 0 aliphatic carbocycles. The molecule has 3 rings (SSSR count). The zero-order valence-corrected chi connectivity index (χ0v) is 12.8. The highest BCUT2D eigenvalue weighted by molar-refractivity contribution is 6.11. The first-order chi connectivity index (χ1) is 11.1. The summed E-state index contributed by atoms with van der Waals surface area (Å²) in [5.41, 5.74) is 7.43. The zero-order valence-electron chi connectivity index (χ0n) is 12.8. The molecule has 2 aromatic carbocycles. The molecule has 0 radical (unpaired) electrons. The Kier molecular flexibility index (Phi) is 3.80. The van der Waals surface area contributed by atoms with Crippen molar-refractivity contribution in [2.45, 2.75) is 0 Å². The molecule has 0 fully saturated rings. The second kappa shape index (κ2) is 5.92. The molecular weight excluding hydrogens is 296 g/mol. The van der Waals surface area contributed by atoms with Crippen LogP contribution in [0.15, 0.2) is 46.9 Å². The Morgan fingerprint density at radius 1 is 1.09 bits per heavy atom. The van der Waals surface area contributed by atoms with E-state index in [1.807, 2.05) is 12.1 Å². The summed E-state index contributed by atoms with van der Waals surface area (Å²) in [5.74, 6) is 0.753. The molecule has 0 atom stereocenters. The number of carbonyl (C=O) groups is 1. The van der Waals surface area contributed by atoms with E-state index in [0.717, 1.165) is 0 Å². The van der Waals surface area contributed by atoms with E-state index in [-0.39, 0.29) is 5.76 Å². The van der Waals surface area contributed by atoms with E-state index in [0.29, 0.717) is 33.8 Å². The minimum atomic E-state index is -0.425. The van der Waals surface area contributed by atoms with Crippen LogP contribution < -0.4 is 20.5 Å². The summed E-state index contributed by atoms with van der Waals surface area (Å²) in [6.45, 7) is 0. The van der Waals surface area contributed by atoms with Gasteiger partial charge in [0.2, 0.25) is 5.76 Å². The summed E-state index contributed by atoms with van der Waals surface area (Å²) in [6, 6.07) is 12.3. The molecule has 0 bridgehead atoms. The second-order valence-corrected chi connectivity index (χ2v) is 4.86. The number of methoxy groups -OCH3 is 2. The van der Waals surface area contributed by atoms with Crippen LogP contribution in [0, 0.1) is 0 Å². The summed E-state index contributed by atoms with van der Waals surface area (Å²) in [4.78, 5) is 12.4. The van der Waals surface area contributed by atoms with Gasteiger partial charge in [-0.15, -0.1) is 0 Å². The molecule has 0 saturated heterocycles. The van der Waals surface area contributed by atoms with E-state index >= 15 is 0 Å². The van der Waals surface area contributed by atoms with Gasteiger partial charge in [-0.1, -0.05) is 12.1 Å². The number of hydrogen-bond donors (Lipinski definition) is 2. The van der Waals surface area contributed by atoms with E-state index in [9.17, 15) is 4.79 Å². The van der Waals surface area contributed by atoms with Gasteiger partial charge in [0.1, 0.15) is 5.58 Å². The minimum Gasteiger partial charge on any atom is -0.493 e. The lowest BCUT2D eigenvalue weighted by atomic mass is 10.2. The van der Waals surface area contributed by atoms with Crippen molar-refractivity contribution in [1.29, 1.82) is 0 Å². The third-order valence-electron chi connectivity index (χ3n) is 3.48. The second-order valence-electron chi connectivity index (χ2n) is 4.86. The van der Waals surface area contributed by atoms with Gasteiger partial charge in [-0.05, 0) is 24.3 Å². The molecule has 118 valence electrons. The van der Waals surface area contributed by atoms with Crippen LogP contribution >= 0.6 is 0 Å². The van der Waals surface area contributed by atoms with Gasteiger partial charge in [-0.3, -0.25) is 4.79 Å². The molecule has 0 saturated carbocycles. The summed E-state index contributed by atoms with van der Waals surface area (Å²) < 4.78 is 15.9. The monoisotopic (exact) mass is 312 g/mol. The van der Waals surface area contributed by atoms with Gasteiger partial charge in [-0.2, -0.15) is 0 Å². The molecule has 0 aliphatic heterocycles. The van der Waals surface area contributed by atoms with E-state index in [4.69, 9.17) is 19.6 Å². The van der Waals surface area contributed by atoms with Crippen LogP contribution in [0.3, 0.4) is 0 Å². The Balaban J connectivity index is 1.90. The van der Waals surface area contributed by atoms with E-state index in [1.165, 1.54) is 7.11 Å². The highest BCUT2D eigenvalue weighted by Crippen LogP contribution is 2.31. The number of ether oxygens (including phenoxy) is 2. The Morgan fingerprint density at radius 3 is 2.52 bits per heavy atom. The molecule has 6 nitrogen and oxygen atoms in total. The predicted octanol–water partition coefficient (Wildman–Crippen LogP) is 3.28. The van der Waals surface area contributed by atoms with Crippen LogP contribution in [0.4, 0.5) is 11.4 Å². The van der Waals surface area contributed by atoms with E-state index < -0.39 is 5.91 Å². The molecule has 1 heterocycles. The quantitative estimate of drug-likeness (QED) is 0.772. The fourth-order valence-corrected chi connectivity index (χ4v) is 2.34. The minimum absolute atomic E-state index is 0.0842. The number of nitrogen functional groups attached to an aromatic ring is 1. The number of furan rings is 1. The third kappa shape index (κ3) is 2.66. The predicted molar refractivity (Wildman–Crippen MR) is 88.1 cm³/mol. The maximum Gasteiger partial charge on any atom is 0.293 e. The Labute approximate surface area is 132 Å². The normalized spacial score (nSPS) is 10.5. The molecule has 23 heavy (non-hydrogen) atoms. The van der Waals surface area contributed by atoms with Gasteiger partial charge < -0.3 is 24.9 Å². The third-order valence-corrected chi connectivity index (χ3v) is 3.48. The number of benzene rings is 2. The Morgan fingerprint density at radius 2 is 1.83 bits per heavy atom. The topological polar surface area (TPSA) is 86.7 Å². The number of rotatable bonds is 4. The van der Waals surface area contributed by atoms with Crippen molar-refractivity contribution in [3.05, 3.63) is 48.2 Å². The molecule has 1 amide bonds. The fourth-order valence-electron chi connectivity index (χ4n) is 2.34. The van der Waals surface area contributed by atoms with Crippen LogP contribution in [-0.4, -0.2) is 20.1 Å². The zero-order chi connectivity index (χ0) is 16.4. The molecule has 3 aromatic rings. The molecule has 0 unspecified atom stereocenters. The summed E-state index contributed by atoms with van der Waals surface area (Å²) in [7, 11) is 3.08. The average Bonchev–Trinajstić information content (AvgIpc) is 2.92. The average molecular weight is 312 g/mol. The first-order valence-corrected chi connectivity index (χ1v) is 6.94. The van der Waals surface area contributed by atoms with Crippen molar-refractivity contribution in [2.24, 2.45) is 0 Å². The highest BCUT2D eigenvalue weighted by atomic mass is 16.5. The van der Waals surface area contributed by atoms with Crippen LogP contribution in [0.5, 0.6) is 11.5 Å². The van der Waals surface area contributed by atoms with Crippen molar-refractivity contribution >= 4 is 28.3 Å². The molecule has 3 N–H and O–H groups in total. The number of anilines is 2. The van der Waals surface area contributed by atoms with Crippen LogP contribution in [0.2, 0.25) is 0 Å². The summed E-state index contributed by atoms with van der Waals surface area (Å²) in [5, 5.41) is 3.45. The standard InChI is InChI=1S/C17H16N2O4/c1-21-13-8-7-10(9-14(13)22-2)19-17(20)16-15(18)11-5-3-4-6-12(11)23-16/h3-9H,18H2,1-2H3,(H,19,20). The number of nitrogens with two attached hydrogens (primary N) is 1. The van der Waals surface area contributed by atoms with Crippen LogP contribution in [0.25, 0.3) is 11.0 Å². The van der Waals surface area contributed by atoms with Crippen molar-refractivity contribution < 1.29 is 18.7 Å². The molecule has 6 heteroatoms. The van der Waals surface area contributed by atoms with Gasteiger partial charge in [0.05, 0.1) is 19.9 Å². The van der Waals surface area contributed by atoms with Crippen molar-refractivity contribution in [3.63, 3.8) is 0 Å². The fraction of sp³-hybridized carbons (Fsp3) is 0.118. The summed E-state index contributed by atoms with van der Waals surface area (Å²) >= 11 is 0. The SMILES string of the molecule is COc1ccc(NC(=O)c2oc3ccccc3c2N)cc1OC. The van der Waals surface area contributed by atoms with E-state index in [1.54, 1.807) is 37.4 Å². The largest absolute Gasteiger partial charge is 0.493 e. The number of amides is 1. The number of hydrogen-bond acceptors (Lipinski definition) is 5. The van der Waals surface area contributed by atoms with Gasteiger partial charge in [0.25, 0.3) is 5.91 Å². The smallest absolute Gasteiger partial charge is 0.293 e. The van der Waals surface area contributed by atoms with Gasteiger partial charge in [-0.25, -0.2) is 0 Å². The van der Waals surface area contributed by atoms with Crippen molar-refractivity contribution in [2.75, 3.05) is 25.3 Å². The lowest BCUT2D eigenvalue weighted by Gasteiger charge is -2.10. The first kappa shape index (κ1) is 14.8. The maximum absolute atomic E-state index is 12.4. The molecular formula is C17H16N2O4. The number of para-hydroxylation sites is 1. The number of carbonyl (C=O) groups excluding carboxylic acids is 1. The first-order valence-electron chi connectivity index (χ1n) is 6.94. The molecule has 1 aromatic heterocycles. The van der Waals surface area contributed by atoms with Gasteiger partial charge >= 0.3 is 0 Å². The molecule has 0 aliphatic rings. The lowest BCUT2D eigenvalue weighted by molar-refractivity contribution is 0.1000. The number of nitrogens with one attached hydrogen (secondary N) is 1. The summed E-state index contributed by atoms with van der Waals surface area (Å²) in [6.07, 6.45) is 0. The van der Waals surface area contributed by atoms with Crippen molar-refractivity contribution in [3.8, 4) is 11.5 Å². The van der Waals surface area contributed by atoms with Crippen molar-refractivity contribution in [1.82, 2.24) is 0 Å². The Hall–Kier alpha value is -3.15. The maximum atomic E-state index is 12.4.